The lowest BCUT2D eigenvalue weighted by atomic mass is 10.1. The molecule has 22 heavy (non-hydrogen) atoms. The van der Waals surface area contributed by atoms with E-state index < -0.39 is 0 Å². The van der Waals surface area contributed by atoms with Crippen molar-refractivity contribution in [2.24, 2.45) is 7.05 Å². The second-order valence-corrected chi connectivity index (χ2v) is 5.40. The van der Waals surface area contributed by atoms with E-state index in [2.05, 4.69) is 15.2 Å². The Kier molecular flexibility index (Phi) is 4.32. The summed E-state index contributed by atoms with van der Waals surface area (Å²) in [5.41, 5.74) is 0.888. The van der Waals surface area contributed by atoms with E-state index in [1.54, 1.807) is 23.0 Å². The molecule has 0 bridgehead atoms. The zero-order valence-electron chi connectivity index (χ0n) is 12.6. The summed E-state index contributed by atoms with van der Waals surface area (Å²) in [5.74, 6) is 0.557. The molecule has 7 heteroatoms. The molecule has 2 aromatic heterocycles. The van der Waals surface area contributed by atoms with Crippen molar-refractivity contribution < 1.29 is 9.32 Å². The van der Waals surface area contributed by atoms with Gasteiger partial charge in [0.2, 0.25) is 12.3 Å². The number of likely N-dealkylation sites (tertiary alicyclic amines) is 1. The first-order chi connectivity index (χ1) is 10.8. The van der Waals surface area contributed by atoms with Crippen molar-refractivity contribution in [1.82, 2.24) is 24.8 Å². The highest BCUT2D eigenvalue weighted by molar-refractivity contribution is 5.91. The highest BCUT2D eigenvalue weighted by Gasteiger charge is 2.28. The fraction of sp³-hybridized carbons (Fsp3) is 0.467. The van der Waals surface area contributed by atoms with Crippen LogP contribution in [0.2, 0.25) is 0 Å². The van der Waals surface area contributed by atoms with Crippen molar-refractivity contribution in [2.45, 2.75) is 31.7 Å². The maximum atomic E-state index is 12.6. The van der Waals surface area contributed by atoms with E-state index in [4.69, 9.17) is 4.52 Å². The van der Waals surface area contributed by atoms with Crippen LogP contribution in [0.25, 0.3) is 6.08 Å². The van der Waals surface area contributed by atoms with E-state index in [1.807, 2.05) is 18.0 Å². The van der Waals surface area contributed by atoms with E-state index in [0.717, 1.165) is 31.4 Å². The lowest BCUT2D eigenvalue weighted by Gasteiger charge is -2.26. The highest BCUT2D eigenvalue weighted by atomic mass is 16.5. The maximum absolute atomic E-state index is 12.6. The predicted molar refractivity (Wildman–Crippen MR) is 79.5 cm³/mol. The van der Waals surface area contributed by atoms with Gasteiger partial charge in [-0.1, -0.05) is 18.0 Å². The van der Waals surface area contributed by atoms with Gasteiger partial charge in [-0.15, -0.1) is 0 Å². The molecule has 116 valence electrons. The Morgan fingerprint density at radius 1 is 1.41 bits per heavy atom. The lowest BCUT2D eigenvalue weighted by Crippen LogP contribution is -2.34. The van der Waals surface area contributed by atoms with E-state index in [9.17, 15) is 4.79 Å². The molecule has 7 nitrogen and oxygen atoms in total. The largest absolute Gasteiger partial charge is 0.343 e. The number of carbonyl (C=O) groups is 1. The fourth-order valence-electron chi connectivity index (χ4n) is 2.77. The van der Waals surface area contributed by atoms with E-state index in [1.165, 1.54) is 6.39 Å². The van der Waals surface area contributed by atoms with Gasteiger partial charge in [0.1, 0.15) is 0 Å². The Morgan fingerprint density at radius 3 is 3.05 bits per heavy atom. The van der Waals surface area contributed by atoms with Gasteiger partial charge in [-0.25, -0.2) is 0 Å². The van der Waals surface area contributed by atoms with Crippen LogP contribution in [-0.4, -0.2) is 37.3 Å². The van der Waals surface area contributed by atoms with E-state index in [0.29, 0.717) is 12.4 Å². The van der Waals surface area contributed by atoms with Gasteiger partial charge < -0.3 is 9.42 Å². The zero-order chi connectivity index (χ0) is 15.4. The molecule has 1 atom stereocenters. The second kappa shape index (κ2) is 6.55. The van der Waals surface area contributed by atoms with Crippen molar-refractivity contribution in [1.29, 1.82) is 0 Å². The first-order valence-electron chi connectivity index (χ1n) is 7.48. The number of amides is 1. The number of nitrogens with zero attached hydrogens (tertiary/aromatic N) is 5. The van der Waals surface area contributed by atoms with Crippen molar-refractivity contribution in [3.63, 3.8) is 0 Å². The standard InChI is InChI=1S/C15H19N5O2/c1-19-12(8-9-17-19)6-7-14(21)20-10-4-2-3-5-13(20)15-16-11-22-18-15/h6-9,11,13H,2-5,10H2,1H3/b7-6+. The van der Waals surface area contributed by atoms with Crippen LogP contribution in [0.5, 0.6) is 0 Å². The number of rotatable bonds is 3. The van der Waals surface area contributed by atoms with Crippen LogP contribution in [0.4, 0.5) is 0 Å². The Labute approximate surface area is 128 Å². The molecule has 1 unspecified atom stereocenters. The first kappa shape index (κ1) is 14.5. The molecule has 3 heterocycles. The van der Waals surface area contributed by atoms with Gasteiger partial charge in [-0.2, -0.15) is 10.1 Å². The summed E-state index contributed by atoms with van der Waals surface area (Å²) < 4.78 is 6.57. The third-order valence-corrected chi connectivity index (χ3v) is 3.97. The fourth-order valence-corrected chi connectivity index (χ4v) is 2.77. The van der Waals surface area contributed by atoms with Crippen LogP contribution in [0.15, 0.2) is 29.3 Å². The zero-order valence-corrected chi connectivity index (χ0v) is 12.6. The topological polar surface area (TPSA) is 77.0 Å². The van der Waals surface area contributed by atoms with Crippen molar-refractivity contribution in [2.75, 3.05) is 6.54 Å². The molecule has 0 saturated carbocycles. The lowest BCUT2D eigenvalue weighted by molar-refractivity contribution is -0.128. The first-order valence-corrected chi connectivity index (χ1v) is 7.48. The summed E-state index contributed by atoms with van der Waals surface area (Å²) in [6.45, 7) is 0.716. The third kappa shape index (κ3) is 3.08. The van der Waals surface area contributed by atoms with Gasteiger partial charge in [-0.3, -0.25) is 9.48 Å². The van der Waals surface area contributed by atoms with Gasteiger partial charge in [0.25, 0.3) is 0 Å². The molecule has 1 fully saturated rings. The van der Waals surface area contributed by atoms with E-state index >= 15 is 0 Å². The molecule has 1 amide bonds. The predicted octanol–water partition coefficient (Wildman–Crippen LogP) is 1.96. The summed E-state index contributed by atoms with van der Waals surface area (Å²) in [6.07, 6.45) is 10.4. The molecule has 1 saturated heterocycles. The van der Waals surface area contributed by atoms with Crippen LogP contribution in [0.3, 0.4) is 0 Å². The van der Waals surface area contributed by atoms with Gasteiger partial charge >= 0.3 is 0 Å². The second-order valence-electron chi connectivity index (χ2n) is 5.40. The molecule has 0 N–H and O–H groups in total. The third-order valence-electron chi connectivity index (χ3n) is 3.97. The Morgan fingerprint density at radius 2 is 2.32 bits per heavy atom. The molecular weight excluding hydrogens is 282 g/mol. The molecule has 3 rings (SSSR count). The summed E-state index contributed by atoms with van der Waals surface area (Å²) in [7, 11) is 1.85. The molecule has 0 aromatic carbocycles. The van der Waals surface area contributed by atoms with Crippen LogP contribution in [0.1, 0.15) is 43.2 Å². The SMILES string of the molecule is Cn1nccc1/C=C/C(=O)N1CCCCCC1c1ncon1. The maximum Gasteiger partial charge on any atom is 0.247 e. The quantitative estimate of drug-likeness (QED) is 0.810. The van der Waals surface area contributed by atoms with Crippen molar-refractivity contribution in [3.05, 3.63) is 36.3 Å². The minimum atomic E-state index is -0.107. The van der Waals surface area contributed by atoms with Gasteiger partial charge in [0.05, 0.1) is 11.7 Å². The van der Waals surface area contributed by atoms with Crippen LogP contribution in [-0.2, 0) is 11.8 Å². The average molecular weight is 301 g/mol. The highest BCUT2D eigenvalue weighted by Crippen LogP contribution is 2.28. The normalized spacial score (nSPS) is 19.5. The van der Waals surface area contributed by atoms with Gasteiger partial charge in [-0.05, 0) is 25.0 Å². The molecule has 0 radical (unpaired) electrons. The summed E-state index contributed by atoms with van der Waals surface area (Å²) in [5, 5.41) is 8.01. The van der Waals surface area contributed by atoms with Gasteiger partial charge in [0, 0.05) is 25.9 Å². The van der Waals surface area contributed by atoms with Crippen molar-refractivity contribution in [3.8, 4) is 0 Å². The minimum absolute atomic E-state index is 0.0297. The van der Waals surface area contributed by atoms with Crippen molar-refractivity contribution >= 4 is 12.0 Å². The number of aromatic nitrogens is 4. The Bertz CT molecular complexity index is 647. The minimum Gasteiger partial charge on any atom is -0.343 e. The van der Waals surface area contributed by atoms with E-state index in [-0.39, 0.29) is 11.9 Å². The molecule has 0 aliphatic carbocycles. The summed E-state index contributed by atoms with van der Waals surface area (Å²) in [4.78, 5) is 18.6. The molecular formula is C15H19N5O2. The number of carbonyl (C=O) groups excluding carboxylic acids is 1. The monoisotopic (exact) mass is 301 g/mol. The van der Waals surface area contributed by atoms with Crippen LogP contribution in [0, 0.1) is 0 Å². The molecule has 2 aromatic rings. The Hall–Kier alpha value is -2.44. The molecule has 1 aliphatic heterocycles. The summed E-state index contributed by atoms with van der Waals surface area (Å²) >= 11 is 0. The average Bonchev–Trinajstić information content (AvgIpc) is 3.12. The molecule has 0 spiro atoms. The van der Waals surface area contributed by atoms with Gasteiger partial charge in [0.15, 0.2) is 5.82 Å². The number of aryl methyl sites for hydroxylation is 1. The van der Waals surface area contributed by atoms with Crippen LogP contribution >= 0.6 is 0 Å². The smallest absolute Gasteiger partial charge is 0.247 e. The molecule has 1 aliphatic rings. The Balaban J connectivity index is 1.78. The van der Waals surface area contributed by atoms with Crippen LogP contribution < -0.4 is 0 Å². The number of hydrogen-bond donors (Lipinski definition) is 0. The summed E-state index contributed by atoms with van der Waals surface area (Å²) in [6, 6.07) is 1.76. The number of hydrogen-bond acceptors (Lipinski definition) is 5.